The normalized spacial score (nSPS) is 18.5. The fourth-order valence-electron chi connectivity index (χ4n) is 3.64. The van der Waals surface area contributed by atoms with Crippen LogP contribution in [0.1, 0.15) is 11.3 Å². The summed E-state index contributed by atoms with van der Waals surface area (Å²) in [6.07, 6.45) is 0. The molecule has 21 heteroatoms. The molecule has 2 aliphatic rings. The van der Waals surface area contributed by atoms with Crippen LogP contribution in [0.25, 0.3) is 0 Å². The van der Waals surface area contributed by atoms with Gasteiger partial charge >= 0.3 is 29.6 Å². The Kier molecular flexibility index (Phi) is 11.7. The van der Waals surface area contributed by atoms with Crippen molar-refractivity contribution < 1.29 is 53.9 Å². The van der Waals surface area contributed by atoms with Crippen molar-refractivity contribution in [2.75, 3.05) is 24.3 Å². The van der Waals surface area contributed by atoms with Gasteiger partial charge in [-0.1, -0.05) is 16.9 Å². The number of hydrogen-bond acceptors (Lipinski definition) is 17. The van der Waals surface area contributed by atoms with Crippen LogP contribution in [0.4, 0.5) is 5.13 Å². The topological polar surface area (TPSA) is 260 Å². The maximum atomic E-state index is 13.0. The summed E-state index contributed by atoms with van der Waals surface area (Å²) in [6, 6.07) is 2.86. The SMILES string of the molecule is CO/N=C(\C(=O)N[C@@H]1C(=O)N2C(C(=O)[O-])=C(CSc3snc(SC(C#N)C(=N)N)c3C#N)CS[C@@H]12)c1csc(N)n1.[Na+]. The molecule has 0 spiro atoms. The second-order valence-electron chi connectivity index (χ2n) is 7.93. The van der Waals surface area contributed by atoms with Crippen molar-refractivity contribution in [3.05, 3.63) is 27.9 Å². The first-order valence-corrected chi connectivity index (χ1v) is 15.6. The minimum Gasteiger partial charge on any atom is -0.543 e. The van der Waals surface area contributed by atoms with Gasteiger partial charge in [-0.15, -0.1) is 34.9 Å². The van der Waals surface area contributed by atoms with Crippen molar-refractivity contribution in [2.45, 2.75) is 25.9 Å². The Labute approximate surface area is 281 Å². The van der Waals surface area contributed by atoms with E-state index in [0.717, 1.165) is 51.3 Å². The van der Waals surface area contributed by atoms with Gasteiger partial charge in [0, 0.05) is 16.9 Å². The van der Waals surface area contributed by atoms with Gasteiger partial charge in [0.2, 0.25) is 0 Å². The van der Waals surface area contributed by atoms with Gasteiger partial charge in [-0.3, -0.25) is 19.9 Å². The zero-order valence-corrected chi connectivity index (χ0v) is 27.7. The number of thiazole rings is 1. The number of anilines is 1. The molecule has 6 N–H and O–H groups in total. The first-order valence-electron chi connectivity index (χ1n) is 11.0. The van der Waals surface area contributed by atoms with Crippen molar-refractivity contribution in [1.82, 2.24) is 19.6 Å². The quantitative estimate of drug-likeness (QED) is 0.0452. The number of nitriles is 2. The third-order valence-electron chi connectivity index (χ3n) is 5.44. The van der Waals surface area contributed by atoms with Crippen LogP contribution in [0.5, 0.6) is 0 Å². The minimum absolute atomic E-state index is 0. The number of thioether (sulfide) groups is 3. The van der Waals surface area contributed by atoms with Crippen molar-refractivity contribution >= 4 is 92.6 Å². The molecule has 0 saturated carbocycles. The number of aliphatic carboxylic acids is 1. The van der Waals surface area contributed by atoms with Crippen LogP contribution in [0.15, 0.2) is 31.0 Å². The van der Waals surface area contributed by atoms with Crippen LogP contribution in [-0.2, 0) is 19.2 Å². The van der Waals surface area contributed by atoms with E-state index in [1.807, 2.05) is 12.1 Å². The Morgan fingerprint density at radius 2 is 2.19 bits per heavy atom. The molecule has 3 atom stereocenters. The van der Waals surface area contributed by atoms with Gasteiger partial charge in [0.15, 0.2) is 16.1 Å². The largest absolute Gasteiger partial charge is 1.00 e. The van der Waals surface area contributed by atoms with Crippen LogP contribution in [0.3, 0.4) is 0 Å². The van der Waals surface area contributed by atoms with E-state index in [2.05, 4.69) is 19.8 Å². The molecule has 212 valence electrons. The Morgan fingerprint density at radius 3 is 2.76 bits per heavy atom. The smallest absolute Gasteiger partial charge is 0.543 e. The van der Waals surface area contributed by atoms with Crippen LogP contribution >= 0.6 is 58.2 Å². The third kappa shape index (κ3) is 6.87. The number of carbonyl (C=O) groups is 3. The molecule has 0 bridgehead atoms. The molecule has 0 radical (unpaired) electrons. The molecule has 4 rings (SSSR count). The van der Waals surface area contributed by atoms with Gasteiger partial charge in [-0.2, -0.15) is 14.9 Å². The number of carbonyl (C=O) groups excluding carboxylic acids is 3. The van der Waals surface area contributed by atoms with Crippen LogP contribution in [0, 0.1) is 28.1 Å². The second-order valence-corrected chi connectivity index (χ2v) is 13.0. The molecule has 42 heavy (non-hydrogen) atoms. The predicted molar refractivity (Wildman–Crippen MR) is 152 cm³/mol. The van der Waals surface area contributed by atoms with E-state index in [9.17, 15) is 30.0 Å². The van der Waals surface area contributed by atoms with E-state index in [-0.39, 0.29) is 79.7 Å². The van der Waals surface area contributed by atoms with Gasteiger partial charge < -0.3 is 31.5 Å². The summed E-state index contributed by atoms with van der Waals surface area (Å²) in [4.78, 5) is 47.9. The van der Waals surface area contributed by atoms with Crippen molar-refractivity contribution in [3.8, 4) is 12.1 Å². The molecule has 0 aliphatic carbocycles. The molecular weight excluding hydrogens is 656 g/mol. The summed E-state index contributed by atoms with van der Waals surface area (Å²) in [5.41, 5.74) is 11.3. The summed E-state index contributed by atoms with van der Waals surface area (Å²) >= 11 is 5.36. The molecule has 15 nitrogen and oxygen atoms in total. The minimum atomic E-state index is -1.55. The van der Waals surface area contributed by atoms with E-state index in [0.29, 0.717) is 9.78 Å². The summed E-state index contributed by atoms with van der Waals surface area (Å²) < 4.78 is 4.66. The Balaban J connectivity index is 0.00000484. The zero-order valence-electron chi connectivity index (χ0n) is 21.6. The zero-order chi connectivity index (χ0) is 29.8. The maximum Gasteiger partial charge on any atom is 1.00 e. The maximum absolute atomic E-state index is 13.0. The van der Waals surface area contributed by atoms with Crippen LogP contribution in [0.2, 0.25) is 0 Å². The van der Waals surface area contributed by atoms with Crippen molar-refractivity contribution in [1.29, 1.82) is 15.9 Å². The number of amides is 2. The molecule has 1 fully saturated rings. The Bertz CT molecular complexity index is 1580. The number of aromatic nitrogens is 2. The van der Waals surface area contributed by atoms with Crippen molar-refractivity contribution in [2.24, 2.45) is 10.9 Å². The number of fused-ring (bicyclic) bond motifs is 1. The first-order chi connectivity index (χ1) is 19.6. The molecule has 1 unspecified atom stereocenters. The fraction of sp³-hybridized carbons (Fsp3) is 0.286. The number of nitrogens with two attached hydrogens (primary N) is 2. The second kappa shape index (κ2) is 14.6. The number of oxime groups is 1. The molecule has 0 aromatic carbocycles. The average Bonchev–Trinajstić information content (AvgIpc) is 3.55. The number of rotatable bonds is 11. The monoisotopic (exact) mass is 672 g/mol. The van der Waals surface area contributed by atoms with E-state index in [1.165, 1.54) is 24.3 Å². The number of hydrogen-bond donors (Lipinski definition) is 4. The molecule has 2 aliphatic heterocycles. The fourth-order valence-corrected chi connectivity index (χ4v) is 8.57. The molecule has 2 aromatic heterocycles. The third-order valence-corrected chi connectivity index (χ3v) is 10.9. The van der Waals surface area contributed by atoms with Crippen molar-refractivity contribution in [3.63, 3.8) is 0 Å². The van der Waals surface area contributed by atoms with E-state index in [1.54, 1.807) is 0 Å². The molecule has 2 aromatic rings. The van der Waals surface area contributed by atoms with Gasteiger partial charge in [-0.25, -0.2) is 4.98 Å². The number of nitrogens with one attached hydrogen (secondary N) is 2. The summed E-state index contributed by atoms with van der Waals surface area (Å²) in [6.45, 7) is 0. The van der Waals surface area contributed by atoms with Gasteiger partial charge in [-0.05, 0) is 17.1 Å². The summed E-state index contributed by atoms with van der Waals surface area (Å²) in [7, 11) is 1.24. The number of nitrogens with zero attached hydrogens (tertiary/aromatic N) is 6. The molecule has 1 saturated heterocycles. The van der Waals surface area contributed by atoms with Gasteiger partial charge in [0.25, 0.3) is 11.8 Å². The van der Waals surface area contributed by atoms with E-state index in [4.69, 9.17) is 21.7 Å². The summed E-state index contributed by atoms with van der Waals surface area (Å²) in [5, 5.41) is 44.9. The average molecular weight is 673 g/mol. The number of amidine groups is 1. The standard InChI is InChI=1S/C21H18N10O5S5.Na/c1-36-29-11(9-6-39-21(26)27-9)15(32)28-12-17(33)31-13(19(34)35)7(4-37-18(12)31)5-38-20-8(2-22)16(30-41-20)40-10(3-23)14(24)25;/h6,10,12,18H,4-5H2,1H3,(H3,24,25)(H2,26,27)(H,28,32)(H,34,35);/q;+1/p-1/b29-11-;/t10?,12-,18+;/m1./s1. The predicted octanol–water partition coefficient (Wildman–Crippen LogP) is -3.48. The Morgan fingerprint density at radius 1 is 1.45 bits per heavy atom. The number of nitrogen functional groups attached to an aromatic ring is 1. The Hall–Kier alpha value is -2.82. The molecule has 4 heterocycles. The van der Waals surface area contributed by atoms with Crippen LogP contribution in [-0.4, -0.2) is 78.9 Å². The van der Waals surface area contributed by atoms with E-state index < -0.39 is 34.4 Å². The molecule has 2 amide bonds. The van der Waals surface area contributed by atoms with Gasteiger partial charge in [0.1, 0.15) is 46.7 Å². The number of carboxylic acids is 1. The number of carboxylic acid groups (broad SMARTS) is 1. The van der Waals surface area contributed by atoms with Crippen LogP contribution < -0.4 is 51.4 Å². The van der Waals surface area contributed by atoms with E-state index >= 15 is 0 Å². The van der Waals surface area contributed by atoms with Gasteiger partial charge in [0.05, 0.1) is 21.9 Å². The summed E-state index contributed by atoms with van der Waals surface area (Å²) in [5.74, 6) is -3.00. The number of β-lactam (4-membered cyclic amide) rings is 1. The molecular formula is C21H17N10NaO5S5. The first kappa shape index (κ1) is 33.7.